The van der Waals surface area contributed by atoms with E-state index in [-0.39, 0.29) is 23.3 Å². The first-order valence-corrected chi connectivity index (χ1v) is 12.8. The van der Waals surface area contributed by atoms with Crippen LogP contribution in [0.5, 0.6) is 0 Å². The number of aromatic nitrogens is 2. The molecule has 35 heavy (non-hydrogen) atoms. The third kappa shape index (κ3) is 6.21. The number of hydrogen-bond acceptors (Lipinski definition) is 7. The smallest absolute Gasteiger partial charge is 0.243 e. The van der Waals surface area contributed by atoms with Gasteiger partial charge in [-0.3, -0.25) is 0 Å². The van der Waals surface area contributed by atoms with Gasteiger partial charge in [0.15, 0.2) is 0 Å². The second-order valence-corrected chi connectivity index (χ2v) is 10.3. The minimum absolute atomic E-state index is 0.0447. The van der Waals surface area contributed by atoms with Gasteiger partial charge in [0, 0.05) is 30.2 Å². The third-order valence-electron chi connectivity index (χ3n) is 5.89. The molecule has 0 unspecified atom stereocenters. The SMILES string of the molecule is C=CCN(C1CCN(C)CC1)S(=O)(=O)c1ccc(Nc2nccc(Nc3ccc(F)cc3)n2)cc1. The van der Waals surface area contributed by atoms with E-state index < -0.39 is 10.0 Å². The third-order valence-corrected chi connectivity index (χ3v) is 7.83. The van der Waals surface area contributed by atoms with E-state index in [1.54, 1.807) is 59.0 Å². The molecule has 1 aromatic heterocycles. The van der Waals surface area contributed by atoms with E-state index in [1.807, 2.05) is 7.05 Å². The average Bonchev–Trinajstić information content (AvgIpc) is 2.85. The highest BCUT2D eigenvalue weighted by Crippen LogP contribution is 2.26. The molecule has 0 saturated carbocycles. The number of piperidine rings is 1. The van der Waals surface area contributed by atoms with Crippen LogP contribution >= 0.6 is 0 Å². The van der Waals surface area contributed by atoms with Gasteiger partial charge in [-0.15, -0.1) is 6.58 Å². The van der Waals surface area contributed by atoms with Gasteiger partial charge in [-0.1, -0.05) is 6.08 Å². The lowest BCUT2D eigenvalue weighted by Crippen LogP contribution is -2.46. The molecule has 10 heteroatoms. The van der Waals surface area contributed by atoms with E-state index in [4.69, 9.17) is 0 Å². The molecule has 8 nitrogen and oxygen atoms in total. The maximum atomic E-state index is 13.4. The van der Waals surface area contributed by atoms with Crippen molar-refractivity contribution in [1.82, 2.24) is 19.2 Å². The number of hydrogen-bond donors (Lipinski definition) is 2. The van der Waals surface area contributed by atoms with Crippen LogP contribution in [0.3, 0.4) is 0 Å². The van der Waals surface area contributed by atoms with Crippen LogP contribution in [-0.4, -0.2) is 60.3 Å². The lowest BCUT2D eigenvalue weighted by atomic mass is 10.1. The molecule has 0 bridgehead atoms. The Bertz CT molecular complexity index is 1240. The molecule has 0 atom stereocenters. The number of anilines is 4. The van der Waals surface area contributed by atoms with E-state index in [1.165, 1.54) is 12.1 Å². The van der Waals surface area contributed by atoms with E-state index in [2.05, 4.69) is 32.1 Å². The Morgan fingerprint density at radius 2 is 1.69 bits per heavy atom. The molecular formula is C25H29FN6O2S. The fourth-order valence-electron chi connectivity index (χ4n) is 4.00. The zero-order valence-electron chi connectivity index (χ0n) is 19.6. The summed E-state index contributed by atoms with van der Waals surface area (Å²) in [6.45, 7) is 5.76. The highest BCUT2D eigenvalue weighted by Gasteiger charge is 2.32. The van der Waals surface area contributed by atoms with Crippen LogP contribution in [0.25, 0.3) is 0 Å². The normalized spacial score (nSPS) is 15.2. The lowest BCUT2D eigenvalue weighted by molar-refractivity contribution is 0.190. The maximum absolute atomic E-state index is 13.4. The molecule has 2 heterocycles. The van der Waals surface area contributed by atoms with Crippen LogP contribution < -0.4 is 10.6 Å². The molecule has 4 rings (SSSR count). The molecule has 1 aliphatic heterocycles. The fraction of sp³-hybridized carbons (Fsp3) is 0.280. The summed E-state index contributed by atoms with van der Waals surface area (Å²) in [6.07, 6.45) is 4.82. The fourth-order valence-corrected chi connectivity index (χ4v) is 5.65. The predicted molar refractivity (Wildman–Crippen MR) is 136 cm³/mol. The van der Waals surface area contributed by atoms with Gasteiger partial charge >= 0.3 is 0 Å². The van der Waals surface area contributed by atoms with Crippen molar-refractivity contribution < 1.29 is 12.8 Å². The van der Waals surface area contributed by atoms with Crippen LogP contribution in [0.1, 0.15) is 12.8 Å². The number of benzene rings is 2. The standard InChI is InChI=1S/C25H29FN6O2S/c1-3-16-32(22-13-17-31(2)18-14-22)35(33,34)23-10-8-21(9-11-23)29-25-27-15-12-24(30-25)28-20-6-4-19(26)5-7-20/h3-12,15,22H,1,13-14,16-18H2,2H3,(H2,27,28,29,30). The molecular weight excluding hydrogens is 467 g/mol. The second kappa shape index (κ2) is 10.9. The maximum Gasteiger partial charge on any atom is 0.243 e. The number of nitrogens with one attached hydrogen (secondary N) is 2. The molecule has 2 aromatic carbocycles. The molecule has 1 fully saturated rings. The molecule has 0 spiro atoms. The van der Waals surface area contributed by atoms with E-state index in [9.17, 15) is 12.8 Å². The Kier molecular flexibility index (Phi) is 7.74. The summed E-state index contributed by atoms with van der Waals surface area (Å²) in [5.74, 6) is 0.559. The summed E-state index contributed by atoms with van der Waals surface area (Å²) >= 11 is 0. The molecule has 1 saturated heterocycles. The van der Waals surface area contributed by atoms with Gasteiger partial charge in [-0.05, 0) is 87.6 Å². The predicted octanol–water partition coefficient (Wildman–Crippen LogP) is 4.37. The van der Waals surface area contributed by atoms with Gasteiger partial charge < -0.3 is 15.5 Å². The highest BCUT2D eigenvalue weighted by atomic mass is 32.2. The Morgan fingerprint density at radius 1 is 1.06 bits per heavy atom. The van der Waals surface area contributed by atoms with Gasteiger partial charge in [-0.25, -0.2) is 17.8 Å². The second-order valence-electron chi connectivity index (χ2n) is 8.44. The van der Waals surface area contributed by atoms with Crippen molar-refractivity contribution >= 4 is 33.2 Å². The van der Waals surface area contributed by atoms with Crippen molar-refractivity contribution in [3.05, 3.63) is 79.3 Å². The number of likely N-dealkylation sites (tertiary alicyclic amines) is 1. The van der Waals surface area contributed by atoms with Crippen molar-refractivity contribution in [3.8, 4) is 0 Å². The zero-order valence-corrected chi connectivity index (χ0v) is 20.4. The Balaban J connectivity index is 1.46. The van der Waals surface area contributed by atoms with Crippen LogP contribution in [0.4, 0.5) is 27.5 Å². The van der Waals surface area contributed by atoms with Crippen molar-refractivity contribution in [2.45, 2.75) is 23.8 Å². The largest absolute Gasteiger partial charge is 0.340 e. The Morgan fingerprint density at radius 3 is 2.34 bits per heavy atom. The molecule has 0 aliphatic carbocycles. The summed E-state index contributed by atoms with van der Waals surface area (Å²) in [5, 5.41) is 6.18. The first kappa shape index (κ1) is 24.8. The molecule has 184 valence electrons. The van der Waals surface area contributed by atoms with E-state index >= 15 is 0 Å². The summed E-state index contributed by atoms with van der Waals surface area (Å²) in [4.78, 5) is 11.1. The number of sulfonamides is 1. The molecule has 3 aromatic rings. The summed E-state index contributed by atoms with van der Waals surface area (Å²) in [5.41, 5.74) is 1.34. The van der Waals surface area contributed by atoms with E-state index in [0.717, 1.165) is 25.9 Å². The van der Waals surface area contributed by atoms with Crippen molar-refractivity contribution in [3.63, 3.8) is 0 Å². The van der Waals surface area contributed by atoms with Crippen molar-refractivity contribution in [1.29, 1.82) is 0 Å². The summed E-state index contributed by atoms with van der Waals surface area (Å²) < 4.78 is 41.5. The average molecular weight is 497 g/mol. The summed E-state index contributed by atoms with van der Waals surface area (Å²) in [7, 11) is -1.62. The van der Waals surface area contributed by atoms with E-state index in [0.29, 0.717) is 23.1 Å². The summed E-state index contributed by atoms with van der Waals surface area (Å²) in [6, 6.07) is 14.2. The van der Waals surface area contributed by atoms with Gasteiger partial charge in [-0.2, -0.15) is 9.29 Å². The Labute approximate surface area is 205 Å². The molecule has 0 amide bonds. The number of nitrogens with zero attached hydrogens (tertiary/aromatic N) is 4. The molecule has 1 aliphatic rings. The molecule has 0 radical (unpaired) electrons. The van der Waals surface area contributed by atoms with Crippen LogP contribution in [0.15, 0.2) is 78.3 Å². The van der Waals surface area contributed by atoms with Gasteiger partial charge in [0.25, 0.3) is 0 Å². The van der Waals surface area contributed by atoms with Crippen molar-refractivity contribution in [2.24, 2.45) is 0 Å². The molecule has 2 N–H and O–H groups in total. The van der Waals surface area contributed by atoms with Crippen LogP contribution in [0.2, 0.25) is 0 Å². The minimum Gasteiger partial charge on any atom is -0.340 e. The van der Waals surface area contributed by atoms with Crippen LogP contribution in [0, 0.1) is 5.82 Å². The first-order chi connectivity index (χ1) is 16.8. The van der Waals surface area contributed by atoms with Crippen molar-refractivity contribution in [2.75, 3.05) is 37.3 Å². The Hall–Kier alpha value is -3.34. The minimum atomic E-state index is -3.67. The number of rotatable bonds is 9. The highest BCUT2D eigenvalue weighted by molar-refractivity contribution is 7.89. The lowest BCUT2D eigenvalue weighted by Gasteiger charge is -2.36. The zero-order chi connectivity index (χ0) is 24.8. The quantitative estimate of drug-likeness (QED) is 0.425. The topological polar surface area (TPSA) is 90.5 Å². The first-order valence-electron chi connectivity index (χ1n) is 11.4. The monoisotopic (exact) mass is 496 g/mol. The number of halogens is 1. The van der Waals surface area contributed by atoms with Gasteiger partial charge in [0.2, 0.25) is 16.0 Å². The van der Waals surface area contributed by atoms with Gasteiger partial charge in [0.1, 0.15) is 11.6 Å². The van der Waals surface area contributed by atoms with Gasteiger partial charge in [0.05, 0.1) is 4.90 Å². The van der Waals surface area contributed by atoms with Crippen LogP contribution in [-0.2, 0) is 10.0 Å².